The number of hydrogen-bond acceptors (Lipinski definition) is 2. The van der Waals surface area contributed by atoms with E-state index in [4.69, 9.17) is 5.11 Å². The zero-order chi connectivity index (χ0) is 12.1. The van der Waals surface area contributed by atoms with E-state index < -0.39 is 12.0 Å². The Morgan fingerprint density at radius 1 is 1.56 bits per heavy atom. The summed E-state index contributed by atoms with van der Waals surface area (Å²) < 4.78 is 0.928. The summed E-state index contributed by atoms with van der Waals surface area (Å²) in [6.07, 6.45) is 1.46. The summed E-state index contributed by atoms with van der Waals surface area (Å²) in [5, 5.41) is 12.1. The predicted molar refractivity (Wildman–Crippen MR) is 68.8 cm³/mol. The van der Waals surface area contributed by atoms with Gasteiger partial charge >= 0.3 is 5.97 Å². The second-order valence-corrected chi connectivity index (χ2v) is 4.55. The lowest BCUT2D eigenvalue weighted by Crippen LogP contribution is -2.29. The van der Waals surface area contributed by atoms with Crippen LogP contribution in [0.25, 0.3) is 0 Å². The van der Waals surface area contributed by atoms with E-state index in [9.17, 15) is 4.79 Å². The number of benzene rings is 1. The van der Waals surface area contributed by atoms with Crippen LogP contribution in [-0.2, 0) is 4.79 Å². The van der Waals surface area contributed by atoms with E-state index >= 15 is 0 Å². The third-order valence-corrected chi connectivity index (χ3v) is 3.45. The van der Waals surface area contributed by atoms with Gasteiger partial charge in [-0.3, -0.25) is 0 Å². The van der Waals surface area contributed by atoms with Crippen LogP contribution in [0.4, 0.5) is 5.69 Å². The van der Waals surface area contributed by atoms with Gasteiger partial charge in [0.15, 0.2) is 0 Å². The maximum absolute atomic E-state index is 11.0. The minimum atomic E-state index is -0.810. The van der Waals surface area contributed by atoms with E-state index in [1.165, 1.54) is 0 Å². The third-order valence-electron chi connectivity index (χ3n) is 2.40. The van der Waals surface area contributed by atoms with Crippen LogP contribution in [0.15, 0.2) is 22.7 Å². The lowest BCUT2D eigenvalue weighted by Gasteiger charge is -2.16. The van der Waals surface area contributed by atoms with E-state index in [2.05, 4.69) is 21.2 Å². The smallest absolute Gasteiger partial charge is 0.326 e. The molecule has 1 atom stereocenters. The van der Waals surface area contributed by atoms with Crippen LogP contribution in [0.5, 0.6) is 0 Å². The molecule has 0 spiro atoms. The molecule has 4 heteroatoms. The van der Waals surface area contributed by atoms with Crippen molar-refractivity contribution in [1.29, 1.82) is 0 Å². The number of hydrogen-bond donors (Lipinski definition) is 2. The van der Waals surface area contributed by atoms with Crippen molar-refractivity contribution in [3.8, 4) is 0 Å². The summed E-state index contributed by atoms with van der Waals surface area (Å²) in [6.45, 7) is 3.95. The Morgan fingerprint density at radius 2 is 2.25 bits per heavy atom. The van der Waals surface area contributed by atoms with Gasteiger partial charge in [-0.1, -0.05) is 25.5 Å². The summed E-state index contributed by atoms with van der Waals surface area (Å²) in [7, 11) is 0. The van der Waals surface area contributed by atoms with Crippen molar-refractivity contribution >= 4 is 27.6 Å². The first-order chi connectivity index (χ1) is 7.56. The lowest BCUT2D eigenvalue weighted by atomic mass is 10.1. The molecule has 0 aliphatic carbocycles. The van der Waals surface area contributed by atoms with Gasteiger partial charge in [-0.05, 0) is 40.9 Å². The molecule has 0 bridgehead atoms. The SMILES string of the molecule is CCCC(Nc1cccc(C)c1Br)C(=O)O. The summed E-state index contributed by atoms with van der Waals surface area (Å²) in [5.74, 6) is -0.810. The van der Waals surface area contributed by atoms with Crippen molar-refractivity contribution < 1.29 is 9.90 Å². The number of carbonyl (C=O) groups is 1. The van der Waals surface area contributed by atoms with Gasteiger partial charge in [0.1, 0.15) is 6.04 Å². The van der Waals surface area contributed by atoms with Crippen LogP contribution >= 0.6 is 15.9 Å². The van der Waals surface area contributed by atoms with Gasteiger partial charge in [-0.2, -0.15) is 0 Å². The molecule has 16 heavy (non-hydrogen) atoms. The van der Waals surface area contributed by atoms with Gasteiger partial charge in [0, 0.05) is 10.2 Å². The Balaban J connectivity index is 2.85. The normalized spacial score (nSPS) is 12.2. The van der Waals surface area contributed by atoms with Gasteiger partial charge in [0.2, 0.25) is 0 Å². The zero-order valence-corrected chi connectivity index (χ0v) is 11.0. The lowest BCUT2D eigenvalue weighted by molar-refractivity contribution is -0.138. The number of carboxylic acids is 1. The average molecular weight is 286 g/mol. The van der Waals surface area contributed by atoms with E-state index in [1.54, 1.807) is 0 Å². The molecule has 0 aliphatic rings. The van der Waals surface area contributed by atoms with Gasteiger partial charge in [-0.25, -0.2) is 4.79 Å². The minimum absolute atomic E-state index is 0.525. The van der Waals surface area contributed by atoms with Crippen LogP contribution in [0, 0.1) is 6.92 Å². The molecule has 1 unspecified atom stereocenters. The molecule has 2 N–H and O–H groups in total. The minimum Gasteiger partial charge on any atom is -0.480 e. The Kier molecular flexibility index (Phi) is 4.80. The number of nitrogens with one attached hydrogen (secondary N) is 1. The van der Waals surface area contributed by atoms with Crippen molar-refractivity contribution in [2.24, 2.45) is 0 Å². The zero-order valence-electron chi connectivity index (χ0n) is 9.46. The third kappa shape index (κ3) is 3.23. The maximum atomic E-state index is 11.0. The van der Waals surface area contributed by atoms with Crippen molar-refractivity contribution in [2.45, 2.75) is 32.7 Å². The molecule has 88 valence electrons. The quantitative estimate of drug-likeness (QED) is 0.872. The van der Waals surface area contributed by atoms with Gasteiger partial charge in [0.25, 0.3) is 0 Å². The standard InChI is InChI=1S/C12H16BrNO2/c1-3-5-10(12(15)16)14-9-7-4-6-8(2)11(9)13/h4,6-7,10,14H,3,5H2,1-2H3,(H,15,16). The fourth-order valence-corrected chi connectivity index (χ4v) is 1.87. The predicted octanol–water partition coefficient (Wildman–Crippen LogP) is 3.42. The molecule has 0 heterocycles. The summed E-state index contributed by atoms with van der Waals surface area (Å²) >= 11 is 3.45. The molecule has 0 fully saturated rings. The van der Waals surface area contributed by atoms with Crippen LogP contribution in [0.1, 0.15) is 25.3 Å². The first-order valence-electron chi connectivity index (χ1n) is 5.30. The average Bonchev–Trinajstić information content (AvgIpc) is 2.23. The van der Waals surface area contributed by atoms with Crippen LogP contribution in [0.3, 0.4) is 0 Å². The van der Waals surface area contributed by atoms with Crippen molar-refractivity contribution in [3.05, 3.63) is 28.2 Å². The number of aryl methyl sites for hydroxylation is 1. The summed E-state index contributed by atoms with van der Waals surface area (Å²) in [4.78, 5) is 11.0. The van der Waals surface area contributed by atoms with E-state index in [-0.39, 0.29) is 0 Å². The summed E-state index contributed by atoms with van der Waals surface area (Å²) in [5.41, 5.74) is 1.92. The molecule has 0 aliphatic heterocycles. The van der Waals surface area contributed by atoms with Gasteiger partial charge in [0.05, 0.1) is 0 Å². The highest BCUT2D eigenvalue weighted by Gasteiger charge is 2.17. The highest BCUT2D eigenvalue weighted by molar-refractivity contribution is 9.10. The number of rotatable bonds is 5. The van der Waals surface area contributed by atoms with Crippen molar-refractivity contribution in [2.75, 3.05) is 5.32 Å². The first-order valence-corrected chi connectivity index (χ1v) is 6.10. The Morgan fingerprint density at radius 3 is 2.81 bits per heavy atom. The number of anilines is 1. The van der Waals surface area contributed by atoms with Crippen LogP contribution in [0.2, 0.25) is 0 Å². The van der Waals surface area contributed by atoms with Crippen LogP contribution < -0.4 is 5.32 Å². The van der Waals surface area contributed by atoms with Crippen molar-refractivity contribution in [3.63, 3.8) is 0 Å². The fourth-order valence-electron chi connectivity index (χ4n) is 1.49. The second-order valence-electron chi connectivity index (χ2n) is 3.76. The highest BCUT2D eigenvalue weighted by Crippen LogP contribution is 2.26. The molecule has 1 rings (SSSR count). The monoisotopic (exact) mass is 285 g/mol. The fraction of sp³-hybridized carbons (Fsp3) is 0.417. The molecular formula is C12H16BrNO2. The molecule has 0 aromatic heterocycles. The largest absolute Gasteiger partial charge is 0.480 e. The molecule has 3 nitrogen and oxygen atoms in total. The molecule has 1 aromatic rings. The molecule has 0 saturated heterocycles. The Labute approximate surface area is 104 Å². The van der Waals surface area contributed by atoms with Gasteiger partial charge < -0.3 is 10.4 Å². The summed E-state index contributed by atoms with van der Waals surface area (Å²) in [6, 6.07) is 5.24. The van der Waals surface area contributed by atoms with E-state index in [1.807, 2.05) is 32.0 Å². The Bertz CT molecular complexity index is 379. The molecule has 1 aromatic carbocycles. The Hall–Kier alpha value is -1.03. The number of aliphatic carboxylic acids is 1. The maximum Gasteiger partial charge on any atom is 0.326 e. The van der Waals surface area contributed by atoms with Crippen LogP contribution in [-0.4, -0.2) is 17.1 Å². The number of carboxylic acid groups (broad SMARTS) is 1. The molecule has 0 radical (unpaired) electrons. The van der Waals surface area contributed by atoms with Crippen molar-refractivity contribution in [1.82, 2.24) is 0 Å². The first kappa shape index (κ1) is 13.0. The molecular weight excluding hydrogens is 270 g/mol. The second kappa shape index (κ2) is 5.89. The molecule has 0 amide bonds. The topological polar surface area (TPSA) is 49.3 Å². The van der Waals surface area contributed by atoms with Gasteiger partial charge in [-0.15, -0.1) is 0 Å². The number of halogens is 1. The van der Waals surface area contributed by atoms with E-state index in [0.717, 1.165) is 22.1 Å². The van der Waals surface area contributed by atoms with E-state index in [0.29, 0.717) is 6.42 Å². The highest BCUT2D eigenvalue weighted by atomic mass is 79.9. The molecule has 0 saturated carbocycles.